The van der Waals surface area contributed by atoms with Gasteiger partial charge in [-0.2, -0.15) is 13.2 Å². The lowest BCUT2D eigenvalue weighted by atomic mass is 10.1. The molecule has 4 nitrogen and oxygen atoms in total. The molecule has 21 heavy (non-hydrogen) atoms. The second kappa shape index (κ2) is 7.99. The summed E-state index contributed by atoms with van der Waals surface area (Å²) >= 11 is 0. The molecule has 0 saturated carbocycles. The Labute approximate surface area is 122 Å². The maximum absolute atomic E-state index is 12.6. The van der Waals surface area contributed by atoms with E-state index >= 15 is 0 Å². The third kappa shape index (κ3) is 6.14. The molecule has 0 fully saturated rings. The van der Waals surface area contributed by atoms with E-state index in [1.807, 2.05) is 7.05 Å². The van der Waals surface area contributed by atoms with Gasteiger partial charge >= 0.3 is 6.18 Å². The molecule has 1 heterocycles. The molecule has 0 aliphatic rings. The minimum absolute atomic E-state index is 0.188. The number of pyridine rings is 1. The number of halogens is 3. The molecule has 0 aliphatic carbocycles. The predicted octanol–water partition coefficient (Wildman–Crippen LogP) is 2.16. The molecule has 1 unspecified atom stereocenters. The number of alkyl halides is 3. The molecule has 0 radical (unpaired) electrons. The van der Waals surface area contributed by atoms with E-state index in [0.717, 1.165) is 38.0 Å². The fraction of sp³-hybridized carbons (Fsp3) is 0.500. The fourth-order valence-corrected chi connectivity index (χ4v) is 1.57. The summed E-state index contributed by atoms with van der Waals surface area (Å²) in [4.78, 5) is 6.02. The van der Waals surface area contributed by atoms with Crippen molar-refractivity contribution in [3.8, 4) is 0 Å². The summed E-state index contributed by atoms with van der Waals surface area (Å²) < 4.78 is 37.8. The topological polar surface area (TPSA) is 54.2 Å². The predicted molar refractivity (Wildman–Crippen MR) is 76.5 cm³/mol. The van der Waals surface area contributed by atoms with Gasteiger partial charge in [-0.25, -0.2) is 0 Å². The van der Waals surface area contributed by atoms with Gasteiger partial charge in [0, 0.05) is 19.3 Å². The summed E-state index contributed by atoms with van der Waals surface area (Å²) in [5, 5.41) is 3.04. The van der Waals surface area contributed by atoms with Crippen LogP contribution in [0.5, 0.6) is 0 Å². The van der Waals surface area contributed by atoms with Crippen molar-refractivity contribution in [3.05, 3.63) is 41.9 Å². The molecule has 1 atom stereocenters. The molecule has 0 amide bonds. The monoisotopic (exact) mass is 302 g/mol. The fourth-order valence-electron chi connectivity index (χ4n) is 1.57. The van der Waals surface area contributed by atoms with Crippen LogP contribution in [0.3, 0.4) is 0 Å². The van der Waals surface area contributed by atoms with Crippen LogP contribution in [0, 0.1) is 0 Å². The van der Waals surface area contributed by atoms with Gasteiger partial charge in [-0.3, -0.25) is 4.98 Å². The highest BCUT2D eigenvalue weighted by molar-refractivity contribution is 5.23. The number of nitrogens with zero attached hydrogens (tertiary/aromatic N) is 2. The van der Waals surface area contributed by atoms with Gasteiger partial charge < -0.3 is 16.0 Å². The number of nitrogens with two attached hydrogens (primary N) is 1. The molecular formula is C14H21F3N4. The highest BCUT2D eigenvalue weighted by Gasteiger charge is 2.30. The van der Waals surface area contributed by atoms with Crippen molar-refractivity contribution in [2.24, 2.45) is 5.73 Å². The maximum Gasteiger partial charge on any atom is 0.416 e. The number of likely N-dealkylation sites (N-methyl/N-ethyl adjacent to an activating group) is 1. The van der Waals surface area contributed by atoms with Crippen LogP contribution in [0.1, 0.15) is 24.2 Å². The molecule has 1 aromatic rings. The summed E-state index contributed by atoms with van der Waals surface area (Å²) in [6.07, 6.45) is -0.0237. The van der Waals surface area contributed by atoms with Crippen LogP contribution in [0.15, 0.2) is 30.6 Å². The zero-order chi connectivity index (χ0) is 15.9. The third-order valence-corrected chi connectivity index (χ3v) is 3.05. The quantitative estimate of drug-likeness (QED) is 0.758. The SMILES string of the molecule is CCN(C)CCN/C=C\C(N)c1cc(C(F)(F)F)ccn1. The molecule has 0 spiro atoms. The molecule has 1 aromatic heterocycles. The first-order chi connectivity index (χ1) is 9.84. The Morgan fingerprint density at radius 3 is 2.81 bits per heavy atom. The number of hydrogen-bond acceptors (Lipinski definition) is 4. The van der Waals surface area contributed by atoms with Crippen molar-refractivity contribution < 1.29 is 13.2 Å². The van der Waals surface area contributed by atoms with Crippen LogP contribution < -0.4 is 11.1 Å². The molecule has 1 rings (SSSR count). The van der Waals surface area contributed by atoms with E-state index in [0.29, 0.717) is 0 Å². The highest BCUT2D eigenvalue weighted by atomic mass is 19.4. The molecule has 118 valence electrons. The zero-order valence-electron chi connectivity index (χ0n) is 12.2. The van der Waals surface area contributed by atoms with Crippen LogP contribution in [0.2, 0.25) is 0 Å². The summed E-state index contributed by atoms with van der Waals surface area (Å²) in [6.45, 7) is 4.63. The molecule has 0 aliphatic heterocycles. The first-order valence-electron chi connectivity index (χ1n) is 6.72. The lowest BCUT2D eigenvalue weighted by Gasteiger charge is -2.13. The molecule has 3 N–H and O–H groups in total. The van der Waals surface area contributed by atoms with Crippen molar-refractivity contribution in [1.82, 2.24) is 15.2 Å². The third-order valence-electron chi connectivity index (χ3n) is 3.05. The first kappa shape index (κ1) is 17.5. The second-order valence-corrected chi connectivity index (χ2v) is 4.70. The first-order valence-corrected chi connectivity index (χ1v) is 6.72. The van der Waals surface area contributed by atoms with Gasteiger partial charge in [0.05, 0.1) is 17.3 Å². The van der Waals surface area contributed by atoms with Gasteiger partial charge in [-0.05, 0) is 38.0 Å². The number of nitrogens with one attached hydrogen (secondary N) is 1. The van der Waals surface area contributed by atoms with E-state index in [1.165, 1.54) is 0 Å². The number of aromatic nitrogens is 1. The summed E-state index contributed by atoms with van der Waals surface area (Å²) in [6, 6.07) is 1.22. The summed E-state index contributed by atoms with van der Waals surface area (Å²) in [5.41, 5.74) is 5.25. The van der Waals surface area contributed by atoms with Crippen LogP contribution in [-0.2, 0) is 6.18 Å². The van der Waals surface area contributed by atoms with E-state index in [2.05, 4.69) is 22.1 Å². The van der Waals surface area contributed by atoms with Crippen LogP contribution in [0.25, 0.3) is 0 Å². The largest absolute Gasteiger partial charge is 0.416 e. The minimum atomic E-state index is -4.38. The van der Waals surface area contributed by atoms with Gasteiger partial charge in [-0.15, -0.1) is 0 Å². The van der Waals surface area contributed by atoms with Gasteiger partial charge in [0.1, 0.15) is 0 Å². The Morgan fingerprint density at radius 1 is 1.48 bits per heavy atom. The molecule has 0 aromatic carbocycles. The maximum atomic E-state index is 12.6. The van der Waals surface area contributed by atoms with E-state index in [-0.39, 0.29) is 5.69 Å². The highest BCUT2D eigenvalue weighted by Crippen LogP contribution is 2.29. The van der Waals surface area contributed by atoms with Crippen molar-refractivity contribution in [2.45, 2.75) is 19.1 Å². The van der Waals surface area contributed by atoms with Gasteiger partial charge in [0.2, 0.25) is 0 Å². The average Bonchev–Trinajstić information content (AvgIpc) is 2.45. The minimum Gasteiger partial charge on any atom is -0.390 e. The lowest BCUT2D eigenvalue weighted by molar-refractivity contribution is -0.137. The van der Waals surface area contributed by atoms with E-state index in [9.17, 15) is 13.2 Å². The van der Waals surface area contributed by atoms with Crippen LogP contribution in [-0.4, -0.2) is 36.6 Å². The Bertz CT molecular complexity index is 460. The Morgan fingerprint density at radius 2 is 2.19 bits per heavy atom. The second-order valence-electron chi connectivity index (χ2n) is 4.70. The zero-order valence-corrected chi connectivity index (χ0v) is 12.2. The lowest BCUT2D eigenvalue weighted by Crippen LogP contribution is -2.26. The van der Waals surface area contributed by atoms with Crippen LogP contribution in [0.4, 0.5) is 13.2 Å². The van der Waals surface area contributed by atoms with Crippen molar-refractivity contribution in [2.75, 3.05) is 26.7 Å². The Kier molecular flexibility index (Phi) is 6.64. The number of rotatable bonds is 7. The van der Waals surface area contributed by atoms with Crippen molar-refractivity contribution >= 4 is 0 Å². The smallest absolute Gasteiger partial charge is 0.390 e. The molecular weight excluding hydrogens is 281 g/mol. The Hall–Kier alpha value is -1.60. The molecule has 7 heteroatoms. The van der Waals surface area contributed by atoms with Crippen molar-refractivity contribution in [3.63, 3.8) is 0 Å². The van der Waals surface area contributed by atoms with E-state index in [1.54, 1.807) is 12.3 Å². The van der Waals surface area contributed by atoms with Gasteiger partial charge in [-0.1, -0.05) is 6.92 Å². The molecule has 0 bridgehead atoms. The molecule has 0 saturated heterocycles. The summed E-state index contributed by atoms with van der Waals surface area (Å²) in [5.74, 6) is 0. The average molecular weight is 302 g/mol. The standard InChI is InChI=1S/C14H21F3N4/c1-3-21(2)9-8-19-6-5-12(18)13-10-11(4-7-20-13)14(15,16)17/h4-7,10,12,19H,3,8-9,18H2,1-2H3/b6-5-. The van der Waals surface area contributed by atoms with E-state index < -0.39 is 17.8 Å². The van der Waals surface area contributed by atoms with Gasteiger partial charge in [0.15, 0.2) is 0 Å². The number of hydrogen-bond donors (Lipinski definition) is 2. The van der Waals surface area contributed by atoms with Crippen LogP contribution >= 0.6 is 0 Å². The Balaban J connectivity index is 2.54. The normalized spacial score (nSPS) is 13.9. The van der Waals surface area contributed by atoms with E-state index in [4.69, 9.17) is 5.73 Å². The summed E-state index contributed by atoms with van der Waals surface area (Å²) in [7, 11) is 2.00. The van der Waals surface area contributed by atoms with Crippen molar-refractivity contribution in [1.29, 1.82) is 0 Å². The van der Waals surface area contributed by atoms with Gasteiger partial charge in [0.25, 0.3) is 0 Å².